The average Bonchev–Trinajstić information content (AvgIpc) is 2.29. The zero-order valence-electron chi connectivity index (χ0n) is 10.4. The molecule has 0 bridgehead atoms. The number of nitriles is 1. The highest BCUT2D eigenvalue weighted by atomic mass is 32.2. The number of hydrogen-bond donors (Lipinski definition) is 1. The standard InChI is InChI=1S/C12H16N2O3S/c1-3-17-7-8-18(15,16)14-12-6-4-5-10(2)11(12)9-13/h4-6,14H,3,7-8H2,1-2H3. The fourth-order valence-electron chi connectivity index (χ4n) is 1.43. The summed E-state index contributed by atoms with van der Waals surface area (Å²) in [5.41, 5.74) is 1.40. The molecule has 0 amide bonds. The summed E-state index contributed by atoms with van der Waals surface area (Å²) in [4.78, 5) is 0. The molecule has 1 N–H and O–H groups in total. The van der Waals surface area contributed by atoms with Crippen molar-refractivity contribution in [1.29, 1.82) is 5.26 Å². The Morgan fingerprint density at radius 1 is 1.44 bits per heavy atom. The molecule has 0 aliphatic rings. The van der Waals surface area contributed by atoms with E-state index in [0.717, 1.165) is 5.56 Å². The molecule has 0 radical (unpaired) electrons. The number of aryl methyl sites for hydroxylation is 1. The second-order valence-electron chi connectivity index (χ2n) is 3.73. The molecule has 0 spiro atoms. The van der Waals surface area contributed by atoms with Crippen LogP contribution in [-0.4, -0.2) is 27.4 Å². The van der Waals surface area contributed by atoms with Gasteiger partial charge in [-0.15, -0.1) is 0 Å². The van der Waals surface area contributed by atoms with Gasteiger partial charge in [0.15, 0.2) is 0 Å². The van der Waals surface area contributed by atoms with E-state index >= 15 is 0 Å². The first kappa shape index (κ1) is 14.5. The van der Waals surface area contributed by atoms with Crippen LogP contribution in [0.15, 0.2) is 18.2 Å². The molecule has 1 rings (SSSR count). The normalized spacial score (nSPS) is 10.9. The number of rotatable bonds is 6. The average molecular weight is 268 g/mol. The Kier molecular flexibility index (Phi) is 5.13. The van der Waals surface area contributed by atoms with Crippen LogP contribution in [0.4, 0.5) is 5.69 Å². The Morgan fingerprint density at radius 3 is 2.78 bits per heavy atom. The zero-order chi connectivity index (χ0) is 13.6. The molecular weight excluding hydrogens is 252 g/mol. The van der Waals surface area contributed by atoms with Crippen LogP contribution in [-0.2, 0) is 14.8 Å². The second kappa shape index (κ2) is 6.38. The summed E-state index contributed by atoms with van der Waals surface area (Å²) in [6, 6.07) is 7.03. The first-order chi connectivity index (χ1) is 8.50. The lowest BCUT2D eigenvalue weighted by Crippen LogP contribution is -2.20. The molecule has 0 aromatic heterocycles. The Hall–Kier alpha value is -1.58. The van der Waals surface area contributed by atoms with Gasteiger partial charge >= 0.3 is 0 Å². The molecule has 0 aliphatic heterocycles. The largest absolute Gasteiger partial charge is 0.381 e. The quantitative estimate of drug-likeness (QED) is 0.795. The number of nitrogens with one attached hydrogen (secondary N) is 1. The van der Waals surface area contributed by atoms with E-state index in [1.54, 1.807) is 32.0 Å². The van der Waals surface area contributed by atoms with E-state index < -0.39 is 10.0 Å². The first-order valence-corrected chi connectivity index (χ1v) is 7.23. The lowest BCUT2D eigenvalue weighted by atomic mass is 10.1. The van der Waals surface area contributed by atoms with Crippen molar-refractivity contribution in [1.82, 2.24) is 0 Å². The second-order valence-corrected chi connectivity index (χ2v) is 5.57. The summed E-state index contributed by atoms with van der Waals surface area (Å²) in [6.07, 6.45) is 0. The third-order valence-corrected chi connectivity index (χ3v) is 3.59. The van der Waals surface area contributed by atoms with E-state index in [1.807, 2.05) is 6.07 Å². The maximum absolute atomic E-state index is 11.8. The van der Waals surface area contributed by atoms with E-state index in [-0.39, 0.29) is 12.4 Å². The Bertz CT molecular complexity index is 547. The summed E-state index contributed by atoms with van der Waals surface area (Å²) in [5, 5.41) is 9.00. The van der Waals surface area contributed by atoms with Gasteiger partial charge in [-0.2, -0.15) is 5.26 Å². The fourth-order valence-corrected chi connectivity index (χ4v) is 2.38. The maximum atomic E-state index is 11.8. The predicted molar refractivity (Wildman–Crippen MR) is 69.8 cm³/mol. The summed E-state index contributed by atoms with van der Waals surface area (Å²) in [7, 11) is -3.48. The smallest absolute Gasteiger partial charge is 0.235 e. The monoisotopic (exact) mass is 268 g/mol. The zero-order valence-corrected chi connectivity index (χ0v) is 11.3. The van der Waals surface area contributed by atoms with Crippen LogP contribution in [0.3, 0.4) is 0 Å². The third kappa shape index (κ3) is 4.02. The number of sulfonamides is 1. The van der Waals surface area contributed by atoms with Crippen molar-refractivity contribution in [3.8, 4) is 6.07 Å². The van der Waals surface area contributed by atoms with E-state index in [0.29, 0.717) is 17.9 Å². The van der Waals surface area contributed by atoms with Crippen molar-refractivity contribution in [2.24, 2.45) is 0 Å². The van der Waals surface area contributed by atoms with Gasteiger partial charge in [0.2, 0.25) is 10.0 Å². The van der Waals surface area contributed by atoms with E-state index in [9.17, 15) is 8.42 Å². The van der Waals surface area contributed by atoms with Crippen LogP contribution >= 0.6 is 0 Å². The molecule has 0 unspecified atom stereocenters. The Labute approximate surface area is 107 Å². The molecule has 98 valence electrons. The molecule has 0 atom stereocenters. The first-order valence-electron chi connectivity index (χ1n) is 5.58. The van der Waals surface area contributed by atoms with Crippen LogP contribution < -0.4 is 4.72 Å². The summed E-state index contributed by atoms with van der Waals surface area (Å²) >= 11 is 0. The topological polar surface area (TPSA) is 79.2 Å². The molecule has 0 heterocycles. The van der Waals surface area contributed by atoms with Gasteiger partial charge in [-0.05, 0) is 25.5 Å². The highest BCUT2D eigenvalue weighted by Gasteiger charge is 2.13. The predicted octanol–water partition coefficient (Wildman–Crippen LogP) is 1.64. The van der Waals surface area contributed by atoms with Gasteiger partial charge in [0.05, 0.1) is 23.6 Å². The number of anilines is 1. The van der Waals surface area contributed by atoms with Crippen LogP contribution in [0.2, 0.25) is 0 Å². The highest BCUT2D eigenvalue weighted by molar-refractivity contribution is 7.92. The van der Waals surface area contributed by atoms with Gasteiger partial charge in [-0.3, -0.25) is 4.72 Å². The van der Waals surface area contributed by atoms with E-state index in [2.05, 4.69) is 4.72 Å². The van der Waals surface area contributed by atoms with E-state index in [4.69, 9.17) is 10.00 Å². The molecule has 18 heavy (non-hydrogen) atoms. The van der Waals surface area contributed by atoms with E-state index in [1.165, 1.54) is 0 Å². The van der Waals surface area contributed by atoms with Gasteiger partial charge in [0.25, 0.3) is 0 Å². The molecule has 0 saturated heterocycles. The van der Waals surface area contributed by atoms with Crippen LogP contribution in [0.1, 0.15) is 18.1 Å². The van der Waals surface area contributed by atoms with Crippen LogP contribution in [0.5, 0.6) is 0 Å². The Morgan fingerprint density at radius 2 is 2.17 bits per heavy atom. The SMILES string of the molecule is CCOCCS(=O)(=O)Nc1cccc(C)c1C#N. The molecule has 0 aliphatic carbocycles. The lowest BCUT2D eigenvalue weighted by Gasteiger charge is -2.10. The molecule has 5 nitrogen and oxygen atoms in total. The fraction of sp³-hybridized carbons (Fsp3) is 0.417. The molecule has 1 aromatic carbocycles. The molecule has 6 heteroatoms. The third-order valence-electron chi connectivity index (χ3n) is 2.35. The molecule has 0 fully saturated rings. The van der Waals surface area contributed by atoms with Gasteiger partial charge < -0.3 is 4.74 Å². The lowest BCUT2D eigenvalue weighted by molar-refractivity contribution is 0.163. The van der Waals surface area contributed by atoms with Crippen molar-refractivity contribution in [3.05, 3.63) is 29.3 Å². The number of hydrogen-bond acceptors (Lipinski definition) is 4. The van der Waals surface area contributed by atoms with Crippen molar-refractivity contribution in [2.45, 2.75) is 13.8 Å². The minimum Gasteiger partial charge on any atom is -0.381 e. The van der Waals surface area contributed by atoms with Gasteiger partial charge in [0, 0.05) is 6.61 Å². The highest BCUT2D eigenvalue weighted by Crippen LogP contribution is 2.19. The van der Waals surface area contributed by atoms with Crippen molar-refractivity contribution >= 4 is 15.7 Å². The minimum absolute atomic E-state index is 0.125. The maximum Gasteiger partial charge on any atom is 0.235 e. The number of benzene rings is 1. The van der Waals surface area contributed by atoms with Gasteiger partial charge in [0.1, 0.15) is 6.07 Å². The van der Waals surface area contributed by atoms with Gasteiger partial charge in [-0.1, -0.05) is 12.1 Å². The minimum atomic E-state index is -3.48. The van der Waals surface area contributed by atoms with Crippen molar-refractivity contribution in [2.75, 3.05) is 23.7 Å². The molecular formula is C12H16N2O3S. The van der Waals surface area contributed by atoms with Crippen LogP contribution in [0, 0.1) is 18.3 Å². The Balaban J connectivity index is 2.85. The molecule has 0 saturated carbocycles. The number of ether oxygens (including phenoxy) is 1. The summed E-state index contributed by atoms with van der Waals surface area (Å²) in [5.74, 6) is -0.125. The van der Waals surface area contributed by atoms with Crippen LogP contribution in [0.25, 0.3) is 0 Å². The number of nitrogens with zero attached hydrogens (tertiary/aromatic N) is 1. The molecule has 1 aromatic rings. The summed E-state index contributed by atoms with van der Waals surface area (Å²) in [6.45, 7) is 4.17. The van der Waals surface area contributed by atoms with Crippen molar-refractivity contribution < 1.29 is 13.2 Å². The summed E-state index contributed by atoms with van der Waals surface area (Å²) < 4.78 is 30.9. The van der Waals surface area contributed by atoms with Gasteiger partial charge in [-0.25, -0.2) is 8.42 Å². The van der Waals surface area contributed by atoms with Crippen molar-refractivity contribution in [3.63, 3.8) is 0 Å².